The molecule has 2 N–H and O–H groups in total. The molecule has 5 nitrogen and oxygen atoms in total. The third kappa shape index (κ3) is 4.42. The molecule has 128 valence electrons. The van der Waals surface area contributed by atoms with Gasteiger partial charge in [0.1, 0.15) is 18.1 Å². The number of nitrogens with one attached hydrogen (secondary N) is 2. The number of amides is 3. The Bertz CT molecular complexity index is 859. The number of carbonyl (C=O) groups excluding carboxylic acids is 2. The fourth-order valence-electron chi connectivity index (χ4n) is 2.19. The normalized spacial score (nSPS) is 15.2. The van der Waals surface area contributed by atoms with Gasteiger partial charge in [-0.25, -0.2) is 4.79 Å². The van der Waals surface area contributed by atoms with E-state index >= 15 is 0 Å². The maximum atomic E-state index is 11.6. The van der Waals surface area contributed by atoms with E-state index in [-0.39, 0.29) is 5.70 Å². The van der Waals surface area contributed by atoms with Crippen molar-refractivity contribution < 1.29 is 14.3 Å². The Balaban J connectivity index is 1.78. The van der Waals surface area contributed by atoms with Crippen LogP contribution in [0.25, 0.3) is 6.08 Å². The summed E-state index contributed by atoms with van der Waals surface area (Å²) in [5.74, 6) is 0.178. The standard InChI is InChI=1S/C17H11Br2ClN2O3/c18-12-5-10(7-14-16(23)22-17(24)21-14)6-13(19)15(12)25-8-9-1-3-11(20)4-2-9/h1-7H,8H2,(H2,21,22,23,24)/b14-7+. The van der Waals surface area contributed by atoms with E-state index in [2.05, 4.69) is 42.5 Å². The van der Waals surface area contributed by atoms with Crippen molar-refractivity contribution in [1.82, 2.24) is 10.6 Å². The number of rotatable bonds is 4. The molecular weight excluding hydrogens is 475 g/mol. The minimum Gasteiger partial charge on any atom is -0.487 e. The van der Waals surface area contributed by atoms with E-state index in [1.54, 1.807) is 30.3 Å². The van der Waals surface area contributed by atoms with E-state index in [9.17, 15) is 9.59 Å². The van der Waals surface area contributed by atoms with Gasteiger partial charge in [-0.3, -0.25) is 10.1 Å². The molecule has 0 saturated carbocycles. The summed E-state index contributed by atoms with van der Waals surface area (Å²) in [5, 5.41) is 5.27. The highest BCUT2D eigenvalue weighted by Crippen LogP contribution is 2.36. The van der Waals surface area contributed by atoms with Crippen molar-refractivity contribution >= 4 is 61.5 Å². The van der Waals surface area contributed by atoms with Crippen LogP contribution < -0.4 is 15.4 Å². The molecule has 1 aliphatic rings. The second-order valence-corrected chi connectivity index (χ2v) is 7.34. The van der Waals surface area contributed by atoms with Crippen molar-refractivity contribution in [2.24, 2.45) is 0 Å². The predicted molar refractivity (Wildman–Crippen MR) is 102 cm³/mol. The van der Waals surface area contributed by atoms with Crippen LogP contribution in [-0.4, -0.2) is 11.9 Å². The Morgan fingerprint density at radius 1 is 1.04 bits per heavy atom. The lowest BCUT2D eigenvalue weighted by Crippen LogP contribution is -2.22. The minimum atomic E-state index is -0.530. The summed E-state index contributed by atoms with van der Waals surface area (Å²) in [5.41, 5.74) is 1.91. The maximum Gasteiger partial charge on any atom is 0.326 e. The maximum absolute atomic E-state index is 11.6. The lowest BCUT2D eigenvalue weighted by Gasteiger charge is -2.12. The Morgan fingerprint density at radius 3 is 2.24 bits per heavy atom. The molecule has 0 aliphatic carbocycles. The molecule has 0 unspecified atom stereocenters. The van der Waals surface area contributed by atoms with Gasteiger partial charge in [-0.2, -0.15) is 0 Å². The summed E-state index contributed by atoms with van der Waals surface area (Å²) in [6, 6.07) is 10.5. The minimum absolute atomic E-state index is 0.193. The van der Waals surface area contributed by atoms with Crippen LogP contribution in [0.15, 0.2) is 51.0 Å². The Morgan fingerprint density at radius 2 is 1.68 bits per heavy atom. The number of benzene rings is 2. The largest absolute Gasteiger partial charge is 0.487 e. The van der Waals surface area contributed by atoms with E-state index < -0.39 is 11.9 Å². The summed E-state index contributed by atoms with van der Waals surface area (Å²) in [6.45, 7) is 0.382. The molecule has 0 atom stereocenters. The molecule has 3 amide bonds. The molecule has 0 aromatic heterocycles. The monoisotopic (exact) mass is 484 g/mol. The van der Waals surface area contributed by atoms with Gasteiger partial charge in [-0.05, 0) is 73.3 Å². The first kappa shape index (κ1) is 18.0. The highest BCUT2D eigenvalue weighted by molar-refractivity contribution is 9.11. The average Bonchev–Trinajstić information content (AvgIpc) is 2.86. The fourth-order valence-corrected chi connectivity index (χ4v) is 3.76. The van der Waals surface area contributed by atoms with Crippen molar-refractivity contribution in [2.75, 3.05) is 0 Å². The highest BCUT2D eigenvalue weighted by Gasteiger charge is 2.23. The number of hydrogen-bond donors (Lipinski definition) is 2. The molecule has 1 heterocycles. The molecule has 8 heteroatoms. The van der Waals surface area contributed by atoms with Crippen molar-refractivity contribution in [3.63, 3.8) is 0 Å². The lowest BCUT2D eigenvalue weighted by atomic mass is 10.2. The van der Waals surface area contributed by atoms with Gasteiger partial charge in [0, 0.05) is 5.02 Å². The zero-order valence-corrected chi connectivity index (χ0v) is 16.5. The SMILES string of the molecule is O=C1NC(=O)/C(=C\c2cc(Br)c(OCc3ccc(Cl)cc3)c(Br)c2)N1. The molecule has 0 spiro atoms. The molecule has 3 rings (SSSR count). The van der Waals surface area contributed by atoms with Gasteiger partial charge < -0.3 is 10.1 Å². The number of carbonyl (C=O) groups is 2. The zero-order chi connectivity index (χ0) is 18.0. The lowest BCUT2D eigenvalue weighted by molar-refractivity contribution is -0.115. The molecule has 0 radical (unpaired) electrons. The first-order valence-electron chi connectivity index (χ1n) is 7.12. The number of hydrogen-bond acceptors (Lipinski definition) is 3. The predicted octanol–water partition coefficient (Wildman–Crippen LogP) is 4.62. The van der Waals surface area contributed by atoms with E-state index in [4.69, 9.17) is 16.3 Å². The van der Waals surface area contributed by atoms with Gasteiger partial charge in [0.05, 0.1) is 8.95 Å². The first-order valence-corrected chi connectivity index (χ1v) is 9.09. The van der Waals surface area contributed by atoms with E-state index in [0.29, 0.717) is 26.3 Å². The number of imide groups is 1. The molecule has 1 aliphatic heterocycles. The van der Waals surface area contributed by atoms with Crippen LogP contribution in [0, 0.1) is 0 Å². The van der Waals surface area contributed by atoms with Crippen molar-refractivity contribution in [3.8, 4) is 5.75 Å². The number of ether oxygens (including phenoxy) is 1. The fraction of sp³-hybridized carbons (Fsp3) is 0.0588. The molecule has 2 aromatic carbocycles. The van der Waals surface area contributed by atoms with Gasteiger partial charge in [-0.15, -0.1) is 0 Å². The second-order valence-electron chi connectivity index (χ2n) is 5.20. The Labute approximate surface area is 165 Å². The van der Waals surface area contributed by atoms with Crippen LogP contribution in [0.1, 0.15) is 11.1 Å². The third-order valence-corrected chi connectivity index (χ3v) is 4.78. The quantitative estimate of drug-likeness (QED) is 0.490. The second kappa shape index (κ2) is 7.59. The van der Waals surface area contributed by atoms with Crippen molar-refractivity contribution in [1.29, 1.82) is 0 Å². The van der Waals surface area contributed by atoms with E-state index in [1.807, 2.05) is 12.1 Å². The molecule has 1 saturated heterocycles. The summed E-state index contributed by atoms with van der Waals surface area (Å²) in [4.78, 5) is 22.7. The molecule has 1 fully saturated rings. The van der Waals surface area contributed by atoms with E-state index in [0.717, 1.165) is 11.1 Å². The van der Waals surface area contributed by atoms with Crippen LogP contribution in [0.4, 0.5) is 4.79 Å². The number of urea groups is 1. The third-order valence-electron chi connectivity index (χ3n) is 3.35. The molecule has 25 heavy (non-hydrogen) atoms. The highest BCUT2D eigenvalue weighted by atomic mass is 79.9. The first-order chi connectivity index (χ1) is 11.9. The van der Waals surface area contributed by atoms with E-state index in [1.165, 1.54) is 0 Å². The van der Waals surface area contributed by atoms with Crippen LogP contribution in [-0.2, 0) is 11.4 Å². The summed E-state index contributed by atoms with van der Waals surface area (Å²) >= 11 is 12.8. The topological polar surface area (TPSA) is 67.4 Å². The summed E-state index contributed by atoms with van der Waals surface area (Å²) in [6.07, 6.45) is 1.58. The van der Waals surface area contributed by atoms with Gasteiger partial charge >= 0.3 is 6.03 Å². The number of halogens is 3. The van der Waals surface area contributed by atoms with Crippen LogP contribution >= 0.6 is 43.5 Å². The van der Waals surface area contributed by atoms with Crippen molar-refractivity contribution in [3.05, 3.63) is 67.2 Å². The zero-order valence-electron chi connectivity index (χ0n) is 12.6. The smallest absolute Gasteiger partial charge is 0.326 e. The molecule has 0 bridgehead atoms. The van der Waals surface area contributed by atoms with Gasteiger partial charge in [0.2, 0.25) is 0 Å². The van der Waals surface area contributed by atoms with Gasteiger partial charge in [-0.1, -0.05) is 23.7 Å². The van der Waals surface area contributed by atoms with Crippen LogP contribution in [0.2, 0.25) is 5.02 Å². The van der Waals surface area contributed by atoms with Crippen LogP contribution in [0.3, 0.4) is 0 Å². The van der Waals surface area contributed by atoms with Gasteiger partial charge in [0.15, 0.2) is 0 Å². The van der Waals surface area contributed by atoms with Gasteiger partial charge in [0.25, 0.3) is 5.91 Å². The molecular formula is C17H11Br2ClN2O3. The van der Waals surface area contributed by atoms with Crippen molar-refractivity contribution in [2.45, 2.75) is 6.61 Å². The average molecular weight is 487 g/mol. The summed E-state index contributed by atoms with van der Waals surface area (Å²) < 4.78 is 7.28. The molecule has 2 aromatic rings. The van der Waals surface area contributed by atoms with Crippen LogP contribution in [0.5, 0.6) is 5.75 Å². The summed E-state index contributed by atoms with van der Waals surface area (Å²) in [7, 11) is 0. The Kier molecular flexibility index (Phi) is 5.46. The Hall–Kier alpha value is -1.83.